The lowest BCUT2D eigenvalue weighted by atomic mass is 10.2. The van der Waals surface area contributed by atoms with Gasteiger partial charge in [-0.1, -0.05) is 0 Å². The molecule has 0 aliphatic heterocycles. The summed E-state index contributed by atoms with van der Waals surface area (Å²) in [6, 6.07) is 2.61. The first-order chi connectivity index (χ1) is 6.54. The number of rotatable bonds is 2. The molecule has 0 heterocycles. The molecule has 5 heteroatoms. The Kier molecular flexibility index (Phi) is 3.35. The predicted molar refractivity (Wildman–Crippen MR) is 56.3 cm³/mol. The van der Waals surface area contributed by atoms with Crippen LogP contribution >= 0.6 is 15.9 Å². The average molecular weight is 259 g/mol. The number of carbonyl (C=O) groups is 1. The van der Waals surface area contributed by atoms with Crippen molar-refractivity contribution in [3.8, 4) is 0 Å². The van der Waals surface area contributed by atoms with Crippen LogP contribution in [0.3, 0.4) is 0 Å². The molecule has 1 amide bonds. The number of carbonyl (C=O) groups excluding carboxylic acids is 1. The first-order valence-corrected chi connectivity index (χ1v) is 4.61. The van der Waals surface area contributed by atoms with Crippen LogP contribution in [0.25, 0.3) is 0 Å². The van der Waals surface area contributed by atoms with E-state index < -0.39 is 5.82 Å². The summed E-state index contributed by atoms with van der Waals surface area (Å²) in [6.45, 7) is 1.33. The molecule has 0 aliphatic carbocycles. The highest BCUT2D eigenvalue weighted by molar-refractivity contribution is 9.10. The van der Waals surface area contributed by atoms with Crippen molar-refractivity contribution in [3.63, 3.8) is 0 Å². The van der Waals surface area contributed by atoms with Gasteiger partial charge in [-0.05, 0) is 28.1 Å². The Hall–Kier alpha value is -1.23. The van der Waals surface area contributed by atoms with Crippen LogP contribution < -0.4 is 5.32 Å². The Balaban J connectivity index is 3.19. The van der Waals surface area contributed by atoms with Crippen molar-refractivity contribution in [1.82, 2.24) is 0 Å². The van der Waals surface area contributed by atoms with Crippen LogP contribution in [-0.4, -0.2) is 12.1 Å². The van der Waals surface area contributed by atoms with Crippen molar-refractivity contribution in [2.45, 2.75) is 6.92 Å². The summed E-state index contributed by atoms with van der Waals surface area (Å²) in [6.07, 6.45) is 1.05. The molecular formula is C9H8BrFN2O. The molecule has 1 aromatic rings. The number of halogens is 2. The van der Waals surface area contributed by atoms with Gasteiger partial charge in [-0.3, -0.25) is 4.79 Å². The highest BCUT2D eigenvalue weighted by atomic mass is 79.9. The van der Waals surface area contributed by atoms with Crippen LogP contribution in [0.1, 0.15) is 12.5 Å². The molecule has 0 fully saturated rings. The van der Waals surface area contributed by atoms with Gasteiger partial charge < -0.3 is 10.7 Å². The fraction of sp³-hybridized carbons (Fsp3) is 0.111. The van der Waals surface area contributed by atoms with Crippen LogP contribution in [0.4, 0.5) is 10.1 Å². The monoisotopic (exact) mass is 258 g/mol. The molecule has 1 rings (SSSR count). The molecule has 0 atom stereocenters. The molecule has 0 saturated carbocycles. The normalized spacial score (nSPS) is 9.64. The van der Waals surface area contributed by atoms with E-state index in [2.05, 4.69) is 21.2 Å². The summed E-state index contributed by atoms with van der Waals surface area (Å²) in [5.41, 5.74) is 0.752. The highest BCUT2D eigenvalue weighted by Crippen LogP contribution is 2.23. The Morgan fingerprint density at radius 3 is 2.79 bits per heavy atom. The molecule has 0 bridgehead atoms. The van der Waals surface area contributed by atoms with Crippen LogP contribution in [0.5, 0.6) is 0 Å². The maximum absolute atomic E-state index is 13.1. The molecule has 2 N–H and O–H groups in total. The predicted octanol–water partition coefficient (Wildman–Crippen LogP) is 2.54. The maximum Gasteiger partial charge on any atom is 0.221 e. The minimum atomic E-state index is -0.473. The third kappa shape index (κ3) is 2.38. The fourth-order valence-electron chi connectivity index (χ4n) is 0.980. The minimum Gasteiger partial charge on any atom is -0.326 e. The van der Waals surface area contributed by atoms with E-state index in [0.717, 1.165) is 6.21 Å². The largest absolute Gasteiger partial charge is 0.326 e. The van der Waals surface area contributed by atoms with Crippen molar-refractivity contribution >= 4 is 33.7 Å². The van der Waals surface area contributed by atoms with E-state index in [1.54, 1.807) is 0 Å². The lowest BCUT2D eigenvalue weighted by Gasteiger charge is -2.07. The Bertz CT molecular complexity index is 393. The number of amides is 1. The molecule has 3 nitrogen and oxygen atoms in total. The lowest BCUT2D eigenvalue weighted by Crippen LogP contribution is -2.08. The summed E-state index contributed by atoms with van der Waals surface area (Å²) >= 11 is 3.00. The summed E-state index contributed by atoms with van der Waals surface area (Å²) in [5, 5.41) is 9.52. The number of benzene rings is 1. The van der Waals surface area contributed by atoms with Gasteiger partial charge in [-0.25, -0.2) is 4.39 Å². The van der Waals surface area contributed by atoms with Crippen LogP contribution in [0, 0.1) is 11.2 Å². The summed E-state index contributed by atoms with van der Waals surface area (Å²) in [5.74, 6) is -0.769. The molecule has 0 spiro atoms. The summed E-state index contributed by atoms with van der Waals surface area (Å²) < 4.78 is 13.3. The van der Waals surface area contributed by atoms with Gasteiger partial charge in [0.25, 0.3) is 0 Å². The van der Waals surface area contributed by atoms with Crippen molar-refractivity contribution in [3.05, 3.63) is 28.0 Å². The van der Waals surface area contributed by atoms with Gasteiger partial charge >= 0.3 is 0 Å². The molecule has 74 valence electrons. The molecular weight excluding hydrogens is 251 g/mol. The van der Waals surface area contributed by atoms with Crippen molar-refractivity contribution in [2.24, 2.45) is 0 Å². The van der Waals surface area contributed by atoms with Crippen molar-refractivity contribution in [2.75, 3.05) is 5.32 Å². The smallest absolute Gasteiger partial charge is 0.221 e. The van der Waals surface area contributed by atoms with E-state index in [4.69, 9.17) is 5.41 Å². The molecule has 0 aliphatic rings. The molecule has 0 unspecified atom stereocenters. The zero-order valence-corrected chi connectivity index (χ0v) is 8.98. The Labute approximate surface area is 89.0 Å². The van der Waals surface area contributed by atoms with E-state index >= 15 is 0 Å². The maximum atomic E-state index is 13.1. The standard InChI is InChI=1S/C9H8BrFN2O/c1-5(14)13-9-3-8(11)7(10)2-6(9)4-12/h2-4,12H,1H3,(H,13,14). The Morgan fingerprint density at radius 1 is 1.64 bits per heavy atom. The first-order valence-electron chi connectivity index (χ1n) is 3.81. The molecule has 0 saturated heterocycles. The zero-order chi connectivity index (χ0) is 10.7. The van der Waals surface area contributed by atoms with Crippen LogP contribution in [0.15, 0.2) is 16.6 Å². The molecule has 1 aromatic carbocycles. The Morgan fingerprint density at radius 2 is 2.29 bits per heavy atom. The number of anilines is 1. The van der Waals surface area contributed by atoms with Gasteiger partial charge in [0.2, 0.25) is 5.91 Å². The molecule has 0 radical (unpaired) electrons. The number of hydrogen-bond donors (Lipinski definition) is 2. The van der Waals surface area contributed by atoms with E-state index in [-0.39, 0.29) is 10.4 Å². The zero-order valence-electron chi connectivity index (χ0n) is 7.40. The fourth-order valence-corrected chi connectivity index (χ4v) is 1.34. The quantitative estimate of drug-likeness (QED) is 0.788. The second-order valence-corrected chi connectivity index (χ2v) is 3.53. The second-order valence-electron chi connectivity index (χ2n) is 2.68. The van der Waals surface area contributed by atoms with Gasteiger partial charge in [0.1, 0.15) is 5.82 Å². The van der Waals surface area contributed by atoms with Crippen molar-refractivity contribution < 1.29 is 9.18 Å². The number of hydrogen-bond acceptors (Lipinski definition) is 2. The molecule has 14 heavy (non-hydrogen) atoms. The second kappa shape index (κ2) is 4.32. The van der Waals surface area contributed by atoms with E-state index in [9.17, 15) is 9.18 Å². The topological polar surface area (TPSA) is 53.0 Å². The van der Waals surface area contributed by atoms with Gasteiger partial charge in [0, 0.05) is 18.7 Å². The summed E-state index contributed by atoms with van der Waals surface area (Å²) in [7, 11) is 0. The minimum absolute atomic E-state index is 0.269. The first kappa shape index (κ1) is 10.8. The van der Waals surface area contributed by atoms with Crippen LogP contribution in [0.2, 0.25) is 0 Å². The highest BCUT2D eigenvalue weighted by Gasteiger charge is 2.07. The lowest BCUT2D eigenvalue weighted by molar-refractivity contribution is -0.114. The van der Waals surface area contributed by atoms with Crippen molar-refractivity contribution in [1.29, 1.82) is 5.41 Å². The third-order valence-electron chi connectivity index (χ3n) is 1.56. The van der Waals surface area contributed by atoms with Gasteiger partial charge in [-0.2, -0.15) is 0 Å². The average Bonchev–Trinajstić information content (AvgIpc) is 2.10. The third-order valence-corrected chi connectivity index (χ3v) is 2.17. The number of nitrogens with one attached hydrogen (secondary N) is 2. The SMILES string of the molecule is CC(=O)Nc1cc(F)c(Br)cc1C=N. The van der Waals surface area contributed by atoms with Crippen LogP contribution in [-0.2, 0) is 4.79 Å². The summed E-state index contributed by atoms with van der Waals surface area (Å²) in [4.78, 5) is 10.8. The molecule has 0 aromatic heterocycles. The van der Waals surface area contributed by atoms with E-state index in [0.29, 0.717) is 11.3 Å². The van der Waals surface area contributed by atoms with E-state index in [1.807, 2.05) is 0 Å². The van der Waals surface area contributed by atoms with E-state index in [1.165, 1.54) is 19.1 Å². The van der Waals surface area contributed by atoms with Gasteiger partial charge in [0.05, 0.1) is 10.2 Å². The van der Waals surface area contributed by atoms with Gasteiger partial charge in [-0.15, -0.1) is 0 Å². The van der Waals surface area contributed by atoms with Gasteiger partial charge in [0.15, 0.2) is 0 Å².